The Morgan fingerprint density at radius 1 is 1.10 bits per heavy atom. The Hall–Kier alpha value is -1.55. The molecule has 106 valence electrons. The summed E-state index contributed by atoms with van der Waals surface area (Å²) in [5.41, 5.74) is 1.39. The molecule has 0 aliphatic carbocycles. The van der Waals surface area contributed by atoms with E-state index in [1.165, 1.54) is 18.3 Å². The summed E-state index contributed by atoms with van der Waals surface area (Å²) >= 11 is 18.1. The van der Waals surface area contributed by atoms with Crippen molar-refractivity contribution in [3.05, 3.63) is 56.9 Å². The predicted octanol–water partition coefficient (Wildman–Crippen LogP) is 5.75. The molecule has 0 bridgehead atoms. The van der Waals surface area contributed by atoms with Gasteiger partial charge in [-0.2, -0.15) is 0 Å². The van der Waals surface area contributed by atoms with E-state index in [1.54, 1.807) is 12.1 Å². The second-order valence-electron chi connectivity index (χ2n) is 4.46. The van der Waals surface area contributed by atoms with Crippen LogP contribution in [0.5, 0.6) is 0 Å². The van der Waals surface area contributed by atoms with Crippen molar-refractivity contribution < 1.29 is 9.18 Å². The van der Waals surface area contributed by atoms with Crippen molar-refractivity contribution in [3.8, 4) is 11.1 Å². The third-order valence-corrected chi connectivity index (χ3v) is 4.24. The van der Waals surface area contributed by atoms with Crippen LogP contribution in [0.3, 0.4) is 0 Å². The molecule has 0 aliphatic rings. The molecule has 2 nitrogen and oxygen atoms in total. The van der Waals surface area contributed by atoms with Crippen molar-refractivity contribution >= 4 is 52.0 Å². The summed E-state index contributed by atoms with van der Waals surface area (Å²) in [4.78, 5) is 13.8. The van der Waals surface area contributed by atoms with Crippen molar-refractivity contribution in [1.82, 2.24) is 4.98 Å². The number of carbonyl (C=O) groups is 1. The highest BCUT2D eigenvalue weighted by molar-refractivity contribution is 6.45. The molecule has 1 N–H and O–H groups in total. The number of hydrogen-bond donors (Lipinski definition) is 1. The molecule has 2 aromatic carbocycles. The molecular weight excluding hydrogens is 336 g/mol. The summed E-state index contributed by atoms with van der Waals surface area (Å²) in [6.07, 6.45) is 2.05. The molecule has 1 aromatic heterocycles. The van der Waals surface area contributed by atoms with Crippen LogP contribution in [0.2, 0.25) is 15.1 Å². The number of H-pyrrole nitrogens is 1. The number of aromatic nitrogens is 1. The first kappa shape index (κ1) is 14.4. The SMILES string of the molecule is O=Cc1c[nH]c2ccc(-c3cc(Cl)cc(Cl)c3Cl)c(F)c12. The first-order chi connectivity index (χ1) is 10.0. The number of benzene rings is 2. The van der Waals surface area contributed by atoms with Gasteiger partial charge in [0.25, 0.3) is 0 Å². The number of hydrogen-bond acceptors (Lipinski definition) is 1. The second kappa shape index (κ2) is 5.34. The van der Waals surface area contributed by atoms with Gasteiger partial charge in [0.05, 0.1) is 10.0 Å². The van der Waals surface area contributed by atoms with E-state index < -0.39 is 5.82 Å². The zero-order valence-corrected chi connectivity index (χ0v) is 12.7. The molecule has 0 atom stereocenters. The highest BCUT2D eigenvalue weighted by atomic mass is 35.5. The van der Waals surface area contributed by atoms with Gasteiger partial charge in [0.2, 0.25) is 0 Å². The Morgan fingerprint density at radius 2 is 1.86 bits per heavy atom. The van der Waals surface area contributed by atoms with Crippen LogP contribution < -0.4 is 0 Å². The van der Waals surface area contributed by atoms with E-state index >= 15 is 0 Å². The third-order valence-electron chi connectivity index (χ3n) is 3.22. The van der Waals surface area contributed by atoms with E-state index in [0.29, 0.717) is 22.4 Å². The van der Waals surface area contributed by atoms with Crippen LogP contribution in [0, 0.1) is 5.82 Å². The van der Waals surface area contributed by atoms with Crippen LogP contribution in [0.4, 0.5) is 4.39 Å². The van der Waals surface area contributed by atoms with E-state index in [2.05, 4.69) is 4.98 Å². The van der Waals surface area contributed by atoms with E-state index in [1.807, 2.05) is 0 Å². The Bertz CT molecular complexity index is 873. The van der Waals surface area contributed by atoms with Gasteiger partial charge in [-0.05, 0) is 24.3 Å². The highest BCUT2D eigenvalue weighted by Gasteiger charge is 2.17. The van der Waals surface area contributed by atoms with Crippen molar-refractivity contribution in [3.63, 3.8) is 0 Å². The normalized spacial score (nSPS) is 11.0. The molecular formula is C15H7Cl3FNO. The van der Waals surface area contributed by atoms with E-state index in [-0.39, 0.29) is 26.6 Å². The fourth-order valence-electron chi connectivity index (χ4n) is 2.26. The summed E-state index contributed by atoms with van der Waals surface area (Å²) in [5, 5.41) is 1.02. The van der Waals surface area contributed by atoms with Gasteiger partial charge in [0, 0.05) is 38.8 Å². The quantitative estimate of drug-likeness (QED) is 0.467. The highest BCUT2D eigenvalue weighted by Crippen LogP contribution is 2.39. The molecule has 0 fully saturated rings. The number of fused-ring (bicyclic) bond motifs is 1. The molecule has 0 saturated heterocycles. The topological polar surface area (TPSA) is 32.9 Å². The number of aromatic amines is 1. The van der Waals surface area contributed by atoms with Gasteiger partial charge < -0.3 is 4.98 Å². The summed E-state index contributed by atoms with van der Waals surface area (Å²) in [6.45, 7) is 0. The number of nitrogens with one attached hydrogen (secondary N) is 1. The Balaban J connectivity index is 2.36. The standard InChI is InChI=1S/C15H7Cl3FNO/c16-8-3-10(14(18)11(17)4-8)9-1-2-12-13(15(9)19)7(6-21)5-20-12/h1-6,20H. The molecule has 0 saturated carbocycles. The molecule has 0 unspecified atom stereocenters. The van der Waals surface area contributed by atoms with Crippen LogP contribution in [0.15, 0.2) is 30.5 Å². The van der Waals surface area contributed by atoms with E-state index in [4.69, 9.17) is 34.8 Å². The lowest BCUT2D eigenvalue weighted by molar-refractivity contribution is 0.112. The molecule has 0 radical (unpaired) electrons. The first-order valence-corrected chi connectivity index (χ1v) is 7.06. The lowest BCUT2D eigenvalue weighted by atomic mass is 10.0. The fraction of sp³-hybridized carbons (Fsp3) is 0. The fourth-order valence-corrected chi connectivity index (χ4v) is 2.96. The van der Waals surface area contributed by atoms with Crippen molar-refractivity contribution in [1.29, 1.82) is 0 Å². The van der Waals surface area contributed by atoms with Crippen LogP contribution in [0.1, 0.15) is 10.4 Å². The lowest BCUT2D eigenvalue weighted by Crippen LogP contribution is -1.89. The summed E-state index contributed by atoms with van der Waals surface area (Å²) < 4.78 is 14.8. The van der Waals surface area contributed by atoms with Crippen LogP contribution in [-0.2, 0) is 0 Å². The average molecular weight is 343 g/mol. The van der Waals surface area contributed by atoms with Crippen molar-refractivity contribution in [2.45, 2.75) is 0 Å². The summed E-state index contributed by atoms with van der Waals surface area (Å²) in [5.74, 6) is -0.545. The Morgan fingerprint density at radius 3 is 2.57 bits per heavy atom. The molecule has 0 amide bonds. The average Bonchev–Trinajstić information content (AvgIpc) is 2.87. The monoisotopic (exact) mass is 341 g/mol. The maximum absolute atomic E-state index is 14.8. The zero-order chi connectivity index (χ0) is 15.1. The van der Waals surface area contributed by atoms with Gasteiger partial charge >= 0.3 is 0 Å². The van der Waals surface area contributed by atoms with Gasteiger partial charge in [0.15, 0.2) is 6.29 Å². The minimum Gasteiger partial charge on any atom is -0.360 e. The Labute approximate surface area is 134 Å². The Kier molecular flexibility index (Phi) is 3.66. The smallest absolute Gasteiger partial charge is 0.152 e. The third kappa shape index (κ3) is 2.31. The van der Waals surface area contributed by atoms with Gasteiger partial charge in [0.1, 0.15) is 5.82 Å². The maximum atomic E-state index is 14.8. The number of halogens is 4. The van der Waals surface area contributed by atoms with Crippen molar-refractivity contribution in [2.75, 3.05) is 0 Å². The number of aldehydes is 1. The maximum Gasteiger partial charge on any atom is 0.152 e. The number of rotatable bonds is 2. The zero-order valence-electron chi connectivity index (χ0n) is 10.4. The molecule has 0 aliphatic heterocycles. The summed E-state index contributed by atoms with van der Waals surface area (Å²) in [7, 11) is 0. The van der Waals surface area contributed by atoms with Gasteiger partial charge in [-0.3, -0.25) is 4.79 Å². The largest absolute Gasteiger partial charge is 0.360 e. The van der Waals surface area contributed by atoms with Crippen LogP contribution >= 0.6 is 34.8 Å². The number of carbonyl (C=O) groups excluding carboxylic acids is 1. The van der Waals surface area contributed by atoms with Crippen LogP contribution in [0.25, 0.3) is 22.0 Å². The van der Waals surface area contributed by atoms with Gasteiger partial charge in [-0.15, -0.1) is 0 Å². The molecule has 1 heterocycles. The molecule has 21 heavy (non-hydrogen) atoms. The van der Waals surface area contributed by atoms with Crippen LogP contribution in [-0.4, -0.2) is 11.3 Å². The predicted molar refractivity (Wildman–Crippen MR) is 84.1 cm³/mol. The molecule has 0 spiro atoms. The lowest BCUT2D eigenvalue weighted by Gasteiger charge is -2.09. The second-order valence-corrected chi connectivity index (χ2v) is 5.68. The van der Waals surface area contributed by atoms with Gasteiger partial charge in [-0.25, -0.2) is 4.39 Å². The molecule has 6 heteroatoms. The first-order valence-electron chi connectivity index (χ1n) is 5.92. The minimum absolute atomic E-state index is 0.211. The van der Waals surface area contributed by atoms with Gasteiger partial charge in [-0.1, -0.05) is 34.8 Å². The molecule has 3 rings (SSSR count). The minimum atomic E-state index is -0.545. The van der Waals surface area contributed by atoms with Crippen molar-refractivity contribution in [2.24, 2.45) is 0 Å². The summed E-state index contributed by atoms with van der Waals surface area (Å²) in [6, 6.07) is 6.26. The molecule has 3 aromatic rings. The van der Waals surface area contributed by atoms with E-state index in [0.717, 1.165) is 0 Å². The van der Waals surface area contributed by atoms with E-state index in [9.17, 15) is 9.18 Å².